The molecule has 2 aromatic carbocycles. The van der Waals surface area contributed by atoms with E-state index in [1.54, 1.807) is 0 Å². The molecule has 0 atom stereocenters. The standard InChI is InChI=1S/C29H41NO3/c1-20-18-26(33-22-12-10-21(11-13-22)28(2,3)4)25(24-9-7-6-8-23(20)24)19-30-16-14-29(5,15-17-30)27(31)32/h6-9,18,21-22H,10-17,19H2,1-5H3,(H,31,32)/t21-,22-. The predicted molar refractivity (Wildman–Crippen MR) is 135 cm³/mol. The number of nitrogens with zero attached hydrogens (tertiary/aromatic N) is 1. The van der Waals surface area contributed by atoms with Crippen molar-refractivity contribution in [1.29, 1.82) is 0 Å². The van der Waals surface area contributed by atoms with Gasteiger partial charge in [0.15, 0.2) is 0 Å². The summed E-state index contributed by atoms with van der Waals surface area (Å²) in [5, 5.41) is 12.1. The van der Waals surface area contributed by atoms with E-state index in [-0.39, 0.29) is 6.10 Å². The van der Waals surface area contributed by atoms with Gasteiger partial charge in [0, 0.05) is 12.1 Å². The number of ether oxygens (including phenoxy) is 1. The molecule has 1 aliphatic carbocycles. The molecule has 1 N–H and O–H groups in total. The molecule has 4 heteroatoms. The first-order chi connectivity index (χ1) is 15.6. The molecule has 180 valence electrons. The van der Waals surface area contributed by atoms with Gasteiger partial charge in [0.25, 0.3) is 0 Å². The van der Waals surface area contributed by atoms with E-state index in [1.807, 2.05) is 6.92 Å². The molecule has 4 nitrogen and oxygen atoms in total. The Morgan fingerprint density at radius 2 is 1.70 bits per heavy atom. The maximum atomic E-state index is 11.7. The Bertz CT molecular complexity index is 990. The van der Waals surface area contributed by atoms with Gasteiger partial charge < -0.3 is 9.84 Å². The summed E-state index contributed by atoms with van der Waals surface area (Å²) in [6, 6.07) is 10.9. The third-order valence-electron chi connectivity index (χ3n) is 8.37. The molecule has 1 heterocycles. The number of aryl methyl sites for hydroxylation is 1. The summed E-state index contributed by atoms with van der Waals surface area (Å²) in [6.45, 7) is 13.6. The van der Waals surface area contributed by atoms with E-state index >= 15 is 0 Å². The number of hydrogen-bond donors (Lipinski definition) is 1. The monoisotopic (exact) mass is 451 g/mol. The van der Waals surface area contributed by atoms with Crippen molar-refractivity contribution in [3.8, 4) is 5.75 Å². The molecule has 0 radical (unpaired) electrons. The van der Waals surface area contributed by atoms with Crippen molar-refractivity contribution in [1.82, 2.24) is 4.90 Å². The lowest BCUT2D eigenvalue weighted by atomic mass is 9.72. The molecule has 4 rings (SSSR count). The van der Waals surface area contributed by atoms with E-state index < -0.39 is 11.4 Å². The maximum absolute atomic E-state index is 11.7. The SMILES string of the molecule is Cc1cc(O[C@H]2CC[C@H](C(C)(C)C)CC2)c(CN2CCC(C)(C(=O)O)CC2)c2ccccc12. The van der Waals surface area contributed by atoms with Crippen molar-refractivity contribution in [3.05, 3.63) is 41.5 Å². The molecule has 33 heavy (non-hydrogen) atoms. The van der Waals surface area contributed by atoms with Gasteiger partial charge >= 0.3 is 5.97 Å². The number of fused-ring (bicyclic) bond motifs is 1. The summed E-state index contributed by atoms with van der Waals surface area (Å²) in [5.41, 5.74) is 2.28. The molecule has 1 saturated heterocycles. The number of hydrogen-bond acceptors (Lipinski definition) is 3. The van der Waals surface area contributed by atoms with Crippen LogP contribution in [0.3, 0.4) is 0 Å². The number of piperidine rings is 1. The molecular weight excluding hydrogens is 410 g/mol. The van der Waals surface area contributed by atoms with Crippen LogP contribution in [0, 0.1) is 23.7 Å². The van der Waals surface area contributed by atoms with E-state index in [0.717, 1.165) is 44.1 Å². The van der Waals surface area contributed by atoms with Gasteiger partial charge in [-0.2, -0.15) is 0 Å². The fourth-order valence-corrected chi connectivity index (χ4v) is 5.72. The normalized spacial score (nSPS) is 24.0. The Labute approximate surface area is 199 Å². The lowest BCUT2D eigenvalue weighted by molar-refractivity contribution is -0.150. The first-order valence-corrected chi connectivity index (χ1v) is 12.7. The fourth-order valence-electron chi connectivity index (χ4n) is 5.72. The minimum atomic E-state index is -0.669. The topological polar surface area (TPSA) is 49.8 Å². The highest BCUT2D eigenvalue weighted by Crippen LogP contribution is 2.41. The van der Waals surface area contributed by atoms with Crippen LogP contribution in [0.4, 0.5) is 0 Å². The minimum Gasteiger partial charge on any atom is -0.490 e. The number of rotatable bonds is 5. The largest absolute Gasteiger partial charge is 0.490 e. The van der Waals surface area contributed by atoms with Gasteiger partial charge in [-0.15, -0.1) is 0 Å². The summed E-state index contributed by atoms with van der Waals surface area (Å²) in [4.78, 5) is 14.1. The number of aliphatic carboxylic acids is 1. The molecule has 2 fully saturated rings. The number of carboxylic acids is 1. The highest BCUT2D eigenvalue weighted by atomic mass is 16.5. The number of carbonyl (C=O) groups is 1. The molecule has 0 bridgehead atoms. The first-order valence-electron chi connectivity index (χ1n) is 12.7. The minimum absolute atomic E-state index is 0.277. The van der Waals surface area contributed by atoms with E-state index in [1.165, 1.54) is 34.7 Å². The second kappa shape index (κ2) is 9.29. The van der Waals surface area contributed by atoms with Gasteiger partial charge in [-0.1, -0.05) is 45.0 Å². The summed E-state index contributed by atoms with van der Waals surface area (Å²) in [6.07, 6.45) is 6.37. The highest BCUT2D eigenvalue weighted by molar-refractivity contribution is 5.90. The predicted octanol–water partition coefficient (Wildman–Crippen LogP) is 6.82. The van der Waals surface area contributed by atoms with E-state index in [2.05, 4.69) is 62.9 Å². The highest BCUT2D eigenvalue weighted by Gasteiger charge is 2.37. The zero-order valence-electron chi connectivity index (χ0n) is 21.1. The third-order valence-corrected chi connectivity index (χ3v) is 8.37. The van der Waals surface area contributed by atoms with E-state index in [9.17, 15) is 9.90 Å². The van der Waals surface area contributed by atoms with Gasteiger partial charge in [0.1, 0.15) is 5.75 Å². The van der Waals surface area contributed by atoms with Crippen LogP contribution >= 0.6 is 0 Å². The number of benzene rings is 2. The zero-order valence-corrected chi connectivity index (χ0v) is 21.1. The molecule has 0 unspecified atom stereocenters. The van der Waals surface area contributed by atoms with Crippen LogP contribution in [0.5, 0.6) is 5.75 Å². The third kappa shape index (κ3) is 5.21. The van der Waals surface area contributed by atoms with Crippen LogP contribution in [-0.4, -0.2) is 35.2 Å². The Morgan fingerprint density at radius 1 is 1.09 bits per heavy atom. The molecule has 1 aliphatic heterocycles. The summed E-state index contributed by atoms with van der Waals surface area (Å²) >= 11 is 0. The lowest BCUT2D eigenvalue weighted by Gasteiger charge is -2.38. The summed E-state index contributed by atoms with van der Waals surface area (Å²) < 4.78 is 6.74. The van der Waals surface area contributed by atoms with Gasteiger partial charge in [-0.3, -0.25) is 9.69 Å². The van der Waals surface area contributed by atoms with E-state index in [0.29, 0.717) is 18.3 Å². The maximum Gasteiger partial charge on any atom is 0.309 e. The molecule has 0 aromatic heterocycles. The van der Waals surface area contributed by atoms with Crippen molar-refractivity contribution >= 4 is 16.7 Å². The fraction of sp³-hybridized carbons (Fsp3) is 0.621. The Hall–Kier alpha value is -2.07. The average molecular weight is 452 g/mol. The van der Waals surface area contributed by atoms with Crippen molar-refractivity contribution < 1.29 is 14.6 Å². The second-order valence-corrected chi connectivity index (χ2v) is 11.8. The first kappa shape index (κ1) is 24.1. The zero-order chi connectivity index (χ0) is 23.8. The molecule has 0 spiro atoms. The Kier molecular flexibility index (Phi) is 6.77. The molecular formula is C29H41NO3. The van der Waals surface area contributed by atoms with Crippen LogP contribution in [0.2, 0.25) is 0 Å². The van der Waals surface area contributed by atoms with Crippen LogP contribution < -0.4 is 4.74 Å². The molecule has 2 aromatic rings. The Morgan fingerprint density at radius 3 is 2.27 bits per heavy atom. The van der Waals surface area contributed by atoms with Crippen molar-refractivity contribution in [2.24, 2.45) is 16.7 Å². The summed E-state index contributed by atoms with van der Waals surface area (Å²) in [5.74, 6) is 1.13. The van der Waals surface area contributed by atoms with Crippen LogP contribution in [0.1, 0.15) is 77.3 Å². The van der Waals surface area contributed by atoms with Crippen molar-refractivity contribution in [2.45, 2.75) is 85.8 Å². The Balaban J connectivity index is 1.56. The quantitative estimate of drug-likeness (QED) is 0.542. The molecule has 0 amide bonds. The van der Waals surface area contributed by atoms with Crippen LogP contribution in [0.15, 0.2) is 30.3 Å². The smallest absolute Gasteiger partial charge is 0.309 e. The van der Waals surface area contributed by atoms with Gasteiger partial charge in [-0.05, 0) is 99.2 Å². The second-order valence-electron chi connectivity index (χ2n) is 11.8. The van der Waals surface area contributed by atoms with Crippen molar-refractivity contribution in [2.75, 3.05) is 13.1 Å². The van der Waals surface area contributed by atoms with Gasteiger partial charge in [0.05, 0.1) is 11.5 Å². The number of likely N-dealkylation sites (tertiary alicyclic amines) is 1. The van der Waals surface area contributed by atoms with Gasteiger partial charge in [-0.25, -0.2) is 0 Å². The molecule has 2 aliphatic rings. The van der Waals surface area contributed by atoms with E-state index in [4.69, 9.17) is 4.74 Å². The van der Waals surface area contributed by atoms with Crippen LogP contribution in [-0.2, 0) is 11.3 Å². The summed E-state index contributed by atoms with van der Waals surface area (Å²) in [7, 11) is 0. The van der Waals surface area contributed by atoms with Crippen LogP contribution in [0.25, 0.3) is 10.8 Å². The molecule has 1 saturated carbocycles. The van der Waals surface area contributed by atoms with Gasteiger partial charge in [0.2, 0.25) is 0 Å². The average Bonchev–Trinajstić information content (AvgIpc) is 2.77. The number of carboxylic acid groups (broad SMARTS) is 1. The lowest BCUT2D eigenvalue weighted by Crippen LogP contribution is -2.42. The van der Waals surface area contributed by atoms with Crippen molar-refractivity contribution in [3.63, 3.8) is 0 Å².